The van der Waals surface area contributed by atoms with Crippen LogP contribution < -0.4 is 5.32 Å². The average Bonchev–Trinajstić information content (AvgIpc) is 2.87. The van der Waals surface area contributed by atoms with Gasteiger partial charge in [0.15, 0.2) is 0 Å². The lowest BCUT2D eigenvalue weighted by molar-refractivity contribution is 0.0986. The Bertz CT molecular complexity index is 1110. The molecular formula is C23H32N6O4S. The van der Waals surface area contributed by atoms with Crippen molar-refractivity contribution in [3.05, 3.63) is 30.1 Å². The van der Waals surface area contributed by atoms with E-state index in [4.69, 9.17) is 9.84 Å². The van der Waals surface area contributed by atoms with Gasteiger partial charge in [-0.1, -0.05) is 0 Å². The maximum Gasteiger partial charge on any atom is 0.216 e. The predicted molar refractivity (Wildman–Crippen MR) is 129 cm³/mol. The molecule has 2 fully saturated rings. The number of anilines is 1. The second kappa shape index (κ2) is 11.4. The number of hydrogen-bond donors (Lipinski definition) is 2. The highest BCUT2D eigenvalue weighted by Crippen LogP contribution is 2.28. The van der Waals surface area contributed by atoms with Crippen LogP contribution >= 0.6 is 0 Å². The van der Waals surface area contributed by atoms with Crippen LogP contribution in [0, 0.1) is 11.3 Å². The van der Waals surface area contributed by atoms with Crippen LogP contribution in [0.25, 0.3) is 10.9 Å². The minimum Gasteiger partial charge on any atom is -0.394 e. The molecule has 0 atom stereocenters. The van der Waals surface area contributed by atoms with Gasteiger partial charge in [-0.05, 0) is 43.9 Å². The van der Waals surface area contributed by atoms with Crippen LogP contribution in [0.5, 0.6) is 0 Å². The SMILES string of the molecule is N#Cc1ccc2ncnc(N[C@H]3CC[C@H](N4CCN(S(=O)(=O)CCOCCO)CC4)CC3)c2c1. The number of aliphatic hydroxyl groups is 1. The molecule has 34 heavy (non-hydrogen) atoms. The van der Waals surface area contributed by atoms with Crippen LogP contribution in [0.1, 0.15) is 31.2 Å². The molecule has 2 heterocycles. The van der Waals surface area contributed by atoms with Gasteiger partial charge in [-0.2, -0.15) is 9.57 Å². The van der Waals surface area contributed by atoms with Crippen molar-refractivity contribution in [2.75, 3.05) is 57.1 Å². The molecule has 2 N–H and O–H groups in total. The van der Waals surface area contributed by atoms with E-state index in [-0.39, 0.29) is 25.6 Å². The second-order valence-electron chi connectivity index (χ2n) is 8.80. The van der Waals surface area contributed by atoms with Crippen LogP contribution in [0.2, 0.25) is 0 Å². The van der Waals surface area contributed by atoms with E-state index in [1.807, 2.05) is 12.1 Å². The third-order valence-corrected chi connectivity index (χ3v) is 8.54. The Morgan fingerprint density at radius 1 is 1.12 bits per heavy atom. The third-order valence-electron chi connectivity index (χ3n) is 6.71. The maximum atomic E-state index is 12.5. The number of nitriles is 1. The number of piperazine rings is 1. The largest absolute Gasteiger partial charge is 0.394 e. The molecule has 10 nitrogen and oxygen atoms in total. The van der Waals surface area contributed by atoms with E-state index in [0.29, 0.717) is 30.7 Å². The zero-order valence-corrected chi connectivity index (χ0v) is 20.1. The van der Waals surface area contributed by atoms with E-state index in [1.165, 1.54) is 0 Å². The first-order valence-electron chi connectivity index (χ1n) is 11.8. The lowest BCUT2D eigenvalue weighted by Gasteiger charge is -2.41. The van der Waals surface area contributed by atoms with Crippen molar-refractivity contribution < 1.29 is 18.3 Å². The first kappa shape index (κ1) is 24.8. The van der Waals surface area contributed by atoms with Gasteiger partial charge in [0, 0.05) is 43.6 Å². The first-order valence-corrected chi connectivity index (χ1v) is 13.4. The van der Waals surface area contributed by atoms with Crippen molar-refractivity contribution in [3.63, 3.8) is 0 Å². The van der Waals surface area contributed by atoms with E-state index in [2.05, 4.69) is 26.3 Å². The molecule has 0 radical (unpaired) electrons. The lowest BCUT2D eigenvalue weighted by atomic mass is 9.89. The van der Waals surface area contributed by atoms with Crippen molar-refractivity contribution in [3.8, 4) is 6.07 Å². The van der Waals surface area contributed by atoms with Gasteiger partial charge < -0.3 is 15.2 Å². The van der Waals surface area contributed by atoms with E-state index in [1.54, 1.807) is 16.7 Å². The van der Waals surface area contributed by atoms with Gasteiger partial charge in [0.25, 0.3) is 0 Å². The Kier molecular flexibility index (Phi) is 8.28. The number of nitrogens with zero attached hydrogens (tertiary/aromatic N) is 5. The van der Waals surface area contributed by atoms with Gasteiger partial charge >= 0.3 is 0 Å². The summed E-state index contributed by atoms with van der Waals surface area (Å²) in [4.78, 5) is 11.1. The number of aromatic nitrogens is 2. The summed E-state index contributed by atoms with van der Waals surface area (Å²) in [5, 5.41) is 22.4. The molecule has 0 bridgehead atoms. The fourth-order valence-electron chi connectivity index (χ4n) is 4.83. The Morgan fingerprint density at radius 2 is 1.88 bits per heavy atom. The van der Waals surface area contributed by atoms with E-state index in [9.17, 15) is 13.7 Å². The fourth-order valence-corrected chi connectivity index (χ4v) is 6.13. The lowest BCUT2D eigenvalue weighted by Crippen LogP contribution is -2.53. The van der Waals surface area contributed by atoms with Gasteiger partial charge in [-0.25, -0.2) is 18.4 Å². The summed E-state index contributed by atoms with van der Waals surface area (Å²) >= 11 is 0. The zero-order chi connectivity index (χ0) is 24.0. The molecule has 11 heteroatoms. The number of nitrogens with one attached hydrogen (secondary N) is 1. The summed E-state index contributed by atoms with van der Waals surface area (Å²) in [7, 11) is -3.33. The minimum absolute atomic E-state index is 0.0443. The maximum absolute atomic E-state index is 12.5. The van der Waals surface area contributed by atoms with Crippen molar-refractivity contribution in [2.45, 2.75) is 37.8 Å². The van der Waals surface area contributed by atoms with Crippen molar-refractivity contribution in [1.82, 2.24) is 19.2 Å². The summed E-state index contributed by atoms with van der Waals surface area (Å²) in [6, 6.07) is 8.38. The molecule has 0 spiro atoms. The quantitative estimate of drug-likeness (QED) is 0.499. The van der Waals surface area contributed by atoms with Gasteiger partial charge in [0.2, 0.25) is 10.0 Å². The summed E-state index contributed by atoms with van der Waals surface area (Å²) in [5.74, 6) is 0.726. The van der Waals surface area contributed by atoms with E-state index >= 15 is 0 Å². The molecule has 184 valence electrons. The molecule has 1 aromatic heterocycles. The van der Waals surface area contributed by atoms with Crippen LogP contribution in [0.15, 0.2) is 24.5 Å². The molecule has 0 amide bonds. The topological polar surface area (TPSA) is 132 Å². The molecule has 0 unspecified atom stereocenters. The normalized spacial score (nSPS) is 22.5. The number of ether oxygens (including phenoxy) is 1. The molecule has 2 aromatic rings. The molecule has 1 saturated heterocycles. The zero-order valence-electron chi connectivity index (χ0n) is 19.3. The van der Waals surface area contributed by atoms with E-state index in [0.717, 1.165) is 55.5 Å². The van der Waals surface area contributed by atoms with Gasteiger partial charge in [0.05, 0.1) is 42.7 Å². The van der Waals surface area contributed by atoms with Crippen LogP contribution in [-0.4, -0.2) is 96.5 Å². The summed E-state index contributed by atoms with van der Waals surface area (Å²) in [5.41, 5.74) is 1.41. The molecule has 1 aromatic carbocycles. The molecule has 4 rings (SSSR count). The Hall–Kier alpha value is -2.36. The number of benzene rings is 1. The number of fused-ring (bicyclic) bond motifs is 1. The van der Waals surface area contributed by atoms with Crippen LogP contribution in [0.4, 0.5) is 5.82 Å². The molecule has 1 aliphatic heterocycles. The standard InChI is InChI=1S/C23H32N6O4S/c24-16-18-1-6-22-21(15-18)23(26-17-25-22)27-19-2-4-20(5-3-19)28-7-9-29(10-8-28)34(31,32)14-13-33-12-11-30/h1,6,15,17,19-20,30H,2-5,7-14H2,(H,25,26,27)/t19-,20-. The third kappa shape index (κ3) is 6.00. The Labute approximate surface area is 200 Å². The number of hydrogen-bond acceptors (Lipinski definition) is 9. The van der Waals surface area contributed by atoms with Crippen molar-refractivity contribution >= 4 is 26.7 Å². The summed E-state index contributed by atoms with van der Waals surface area (Å²) < 4.78 is 31.7. The summed E-state index contributed by atoms with van der Waals surface area (Å²) in [6.45, 7) is 2.67. The highest BCUT2D eigenvalue weighted by molar-refractivity contribution is 7.89. The molecular weight excluding hydrogens is 456 g/mol. The van der Waals surface area contributed by atoms with Gasteiger partial charge in [-0.3, -0.25) is 4.90 Å². The van der Waals surface area contributed by atoms with Gasteiger partial charge in [-0.15, -0.1) is 0 Å². The monoisotopic (exact) mass is 488 g/mol. The first-order chi connectivity index (χ1) is 16.5. The van der Waals surface area contributed by atoms with Crippen LogP contribution in [-0.2, 0) is 14.8 Å². The fraction of sp³-hybridized carbons (Fsp3) is 0.609. The smallest absolute Gasteiger partial charge is 0.216 e. The molecule has 1 aliphatic carbocycles. The van der Waals surface area contributed by atoms with E-state index < -0.39 is 10.0 Å². The molecule has 2 aliphatic rings. The molecule has 1 saturated carbocycles. The number of aliphatic hydroxyl groups excluding tert-OH is 1. The Morgan fingerprint density at radius 3 is 2.59 bits per heavy atom. The van der Waals surface area contributed by atoms with Crippen molar-refractivity contribution in [2.24, 2.45) is 0 Å². The Balaban J connectivity index is 1.26. The second-order valence-corrected chi connectivity index (χ2v) is 10.9. The number of rotatable bonds is 9. The highest BCUT2D eigenvalue weighted by atomic mass is 32.2. The van der Waals surface area contributed by atoms with Crippen molar-refractivity contribution in [1.29, 1.82) is 5.26 Å². The minimum atomic E-state index is -3.33. The predicted octanol–water partition coefficient (Wildman–Crippen LogP) is 1.18. The van der Waals surface area contributed by atoms with Gasteiger partial charge in [0.1, 0.15) is 12.1 Å². The summed E-state index contributed by atoms with van der Waals surface area (Å²) in [6.07, 6.45) is 5.66. The highest BCUT2D eigenvalue weighted by Gasteiger charge is 2.32. The average molecular weight is 489 g/mol. The van der Waals surface area contributed by atoms with Crippen LogP contribution in [0.3, 0.4) is 0 Å². The number of sulfonamides is 1.